The van der Waals surface area contributed by atoms with Gasteiger partial charge in [0.05, 0.1) is 16.4 Å². The minimum atomic E-state index is -0.289. The molecule has 4 aromatic rings. The van der Waals surface area contributed by atoms with Crippen molar-refractivity contribution in [3.05, 3.63) is 69.8 Å². The third-order valence-corrected chi connectivity index (χ3v) is 4.97. The minimum Gasteiger partial charge on any atom is -0.298 e. The maximum atomic E-state index is 12.6. The van der Waals surface area contributed by atoms with Crippen LogP contribution in [0, 0.1) is 0 Å². The predicted molar refractivity (Wildman–Crippen MR) is 105 cm³/mol. The summed E-state index contributed by atoms with van der Waals surface area (Å²) in [5.41, 5.74) is 2.49. The predicted octanol–water partition coefficient (Wildman–Crippen LogP) is 4.34. The summed E-state index contributed by atoms with van der Waals surface area (Å²) in [7, 11) is 0. The highest BCUT2D eigenvalue weighted by Gasteiger charge is 2.13. The molecule has 0 saturated carbocycles. The van der Waals surface area contributed by atoms with Gasteiger partial charge in [-0.05, 0) is 46.8 Å². The Morgan fingerprint density at radius 2 is 2.04 bits per heavy atom. The lowest BCUT2D eigenvalue weighted by atomic mass is 10.2. The molecule has 0 bridgehead atoms. The molecule has 0 aliphatic carbocycles. The van der Waals surface area contributed by atoms with Crippen molar-refractivity contribution < 1.29 is 4.79 Å². The van der Waals surface area contributed by atoms with Gasteiger partial charge in [0, 0.05) is 21.5 Å². The highest BCUT2D eigenvalue weighted by atomic mass is 35.5. The Morgan fingerprint density at radius 3 is 2.85 bits per heavy atom. The average molecular weight is 417 g/mol. The van der Waals surface area contributed by atoms with Gasteiger partial charge in [-0.3, -0.25) is 10.1 Å². The van der Waals surface area contributed by atoms with Gasteiger partial charge in [-0.25, -0.2) is 9.67 Å². The molecule has 7 nitrogen and oxygen atoms in total. The molecule has 0 aliphatic rings. The summed E-state index contributed by atoms with van der Waals surface area (Å²) in [4.78, 5) is 17.0. The molecule has 0 radical (unpaired) electrons. The number of hydrogen-bond acceptors (Lipinski definition) is 6. The van der Waals surface area contributed by atoms with Crippen molar-refractivity contribution in [1.29, 1.82) is 0 Å². The van der Waals surface area contributed by atoms with E-state index < -0.39 is 0 Å². The maximum Gasteiger partial charge on any atom is 0.257 e. The number of nitrogens with zero attached hydrogens (tertiary/aromatic N) is 5. The third-order valence-electron chi connectivity index (χ3n) is 3.65. The second-order valence-corrected chi connectivity index (χ2v) is 7.12. The van der Waals surface area contributed by atoms with Crippen LogP contribution in [0.25, 0.3) is 16.9 Å². The van der Waals surface area contributed by atoms with Crippen LogP contribution in [0.4, 0.5) is 5.13 Å². The van der Waals surface area contributed by atoms with Crippen LogP contribution in [-0.4, -0.2) is 31.1 Å². The normalized spacial score (nSPS) is 10.7. The van der Waals surface area contributed by atoms with E-state index in [0.29, 0.717) is 37.7 Å². The van der Waals surface area contributed by atoms with E-state index in [1.807, 2.05) is 5.38 Å². The van der Waals surface area contributed by atoms with Crippen molar-refractivity contribution in [3.8, 4) is 16.9 Å². The first kappa shape index (κ1) is 17.6. The Kier molecular flexibility index (Phi) is 4.85. The van der Waals surface area contributed by atoms with E-state index in [9.17, 15) is 4.79 Å². The Balaban J connectivity index is 1.55. The van der Waals surface area contributed by atoms with Gasteiger partial charge >= 0.3 is 0 Å². The summed E-state index contributed by atoms with van der Waals surface area (Å²) in [5, 5.41) is 17.1. The molecule has 2 heterocycles. The van der Waals surface area contributed by atoms with E-state index in [4.69, 9.17) is 23.2 Å². The first-order chi connectivity index (χ1) is 13.1. The molecule has 0 aliphatic heterocycles. The van der Waals surface area contributed by atoms with Crippen molar-refractivity contribution in [1.82, 2.24) is 25.2 Å². The van der Waals surface area contributed by atoms with Gasteiger partial charge < -0.3 is 0 Å². The van der Waals surface area contributed by atoms with E-state index in [2.05, 4.69) is 25.8 Å². The molecule has 2 aromatic heterocycles. The number of hydrogen-bond donors (Lipinski definition) is 1. The van der Waals surface area contributed by atoms with E-state index in [0.717, 1.165) is 0 Å². The largest absolute Gasteiger partial charge is 0.298 e. The monoisotopic (exact) mass is 416 g/mol. The molecule has 0 unspecified atom stereocenters. The highest BCUT2D eigenvalue weighted by molar-refractivity contribution is 7.14. The number of aromatic nitrogens is 5. The summed E-state index contributed by atoms with van der Waals surface area (Å²) < 4.78 is 1.47. The number of rotatable bonds is 4. The molecule has 2 aromatic carbocycles. The fourth-order valence-corrected chi connectivity index (χ4v) is 3.48. The Hall–Kier alpha value is -2.81. The molecular formula is C17H10Cl2N6OS. The average Bonchev–Trinajstić information content (AvgIpc) is 3.36. The highest BCUT2D eigenvalue weighted by Crippen LogP contribution is 2.32. The van der Waals surface area contributed by atoms with Crippen LogP contribution in [0.1, 0.15) is 10.4 Å². The Labute approximate surface area is 167 Å². The second kappa shape index (κ2) is 7.43. The van der Waals surface area contributed by atoms with E-state index >= 15 is 0 Å². The molecule has 27 heavy (non-hydrogen) atoms. The summed E-state index contributed by atoms with van der Waals surface area (Å²) in [6.45, 7) is 0. The number of tetrazole rings is 1. The zero-order valence-corrected chi connectivity index (χ0v) is 15.8. The van der Waals surface area contributed by atoms with E-state index in [1.54, 1.807) is 42.5 Å². The number of halogens is 2. The first-order valence-corrected chi connectivity index (χ1v) is 9.29. The van der Waals surface area contributed by atoms with Crippen LogP contribution in [0.3, 0.4) is 0 Å². The number of thiazole rings is 1. The number of anilines is 1. The van der Waals surface area contributed by atoms with Gasteiger partial charge in [-0.1, -0.05) is 29.3 Å². The number of carbonyl (C=O) groups is 1. The molecule has 10 heteroatoms. The molecule has 0 atom stereocenters. The van der Waals surface area contributed by atoms with Crippen molar-refractivity contribution in [2.24, 2.45) is 0 Å². The van der Waals surface area contributed by atoms with E-state index in [1.165, 1.54) is 22.3 Å². The molecule has 1 N–H and O–H groups in total. The SMILES string of the molecule is O=C(Nc1nc(-c2cc(Cl)ccc2Cl)cs1)c1cccc(-n2cnnn2)c1. The number of carbonyl (C=O) groups excluding carboxylic acids is 1. The lowest BCUT2D eigenvalue weighted by Crippen LogP contribution is -2.12. The number of benzene rings is 2. The third kappa shape index (κ3) is 3.82. The smallest absolute Gasteiger partial charge is 0.257 e. The van der Waals surface area contributed by atoms with Gasteiger partial charge in [0.15, 0.2) is 5.13 Å². The van der Waals surface area contributed by atoms with Crippen molar-refractivity contribution in [2.75, 3.05) is 5.32 Å². The molecule has 1 amide bonds. The van der Waals surface area contributed by atoms with Crippen LogP contribution in [0.2, 0.25) is 10.0 Å². The summed E-state index contributed by atoms with van der Waals surface area (Å²) >= 11 is 13.5. The van der Waals surface area contributed by atoms with Crippen LogP contribution in [-0.2, 0) is 0 Å². The maximum absolute atomic E-state index is 12.6. The van der Waals surface area contributed by atoms with Crippen molar-refractivity contribution >= 4 is 45.6 Å². The van der Waals surface area contributed by atoms with Crippen LogP contribution in [0.5, 0.6) is 0 Å². The van der Waals surface area contributed by atoms with Gasteiger partial charge in [0.1, 0.15) is 6.33 Å². The van der Waals surface area contributed by atoms with Gasteiger partial charge in [-0.15, -0.1) is 16.4 Å². The summed E-state index contributed by atoms with van der Waals surface area (Å²) in [6.07, 6.45) is 1.46. The quantitative estimate of drug-likeness (QED) is 0.534. The van der Waals surface area contributed by atoms with Crippen LogP contribution >= 0.6 is 34.5 Å². The standard InChI is InChI=1S/C17H10Cl2N6OS/c18-11-4-5-14(19)13(7-11)15-8-27-17(21-15)22-16(26)10-2-1-3-12(6-10)25-9-20-23-24-25/h1-9H,(H,21,22,26). The molecule has 134 valence electrons. The molecule has 4 rings (SSSR count). The molecule has 0 spiro atoms. The van der Waals surface area contributed by atoms with Crippen molar-refractivity contribution in [3.63, 3.8) is 0 Å². The zero-order valence-electron chi connectivity index (χ0n) is 13.5. The molecule has 0 fully saturated rings. The number of amides is 1. The lowest BCUT2D eigenvalue weighted by Gasteiger charge is -2.04. The van der Waals surface area contributed by atoms with Gasteiger partial charge in [0.25, 0.3) is 5.91 Å². The number of nitrogens with one attached hydrogen (secondary N) is 1. The van der Waals surface area contributed by atoms with Crippen molar-refractivity contribution in [2.45, 2.75) is 0 Å². The zero-order chi connectivity index (χ0) is 18.8. The Morgan fingerprint density at radius 1 is 1.15 bits per heavy atom. The van der Waals surface area contributed by atoms with E-state index in [-0.39, 0.29) is 5.91 Å². The topological polar surface area (TPSA) is 85.6 Å². The lowest BCUT2D eigenvalue weighted by molar-refractivity contribution is 0.102. The summed E-state index contributed by atoms with van der Waals surface area (Å²) in [6, 6.07) is 12.1. The summed E-state index contributed by atoms with van der Waals surface area (Å²) in [5.74, 6) is -0.289. The van der Waals surface area contributed by atoms with Gasteiger partial charge in [0.2, 0.25) is 0 Å². The fraction of sp³-hybridized carbons (Fsp3) is 0. The minimum absolute atomic E-state index is 0.289. The van der Waals surface area contributed by atoms with Crippen LogP contribution < -0.4 is 5.32 Å². The molecule has 0 saturated heterocycles. The second-order valence-electron chi connectivity index (χ2n) is 5.42. The van der Waals surface area contributed by atoms with Crippen LogP contribution in [0.15, 0.2) is 54.2 Å². The Bertz CT molecular complexity index is 1110. The first-order valence-electron chi connectivity index (χ1n) is 7.66. The fourth-order valence-electron chi connectivity index (χ4n) is 2.39. The van der Waals surface area contributed by atoms with Gasteiger partial charge in [-0.2, -0.15) is 0 Å². The molecular weight excluding hydrogens is 407 g/mol.